The molecule has 0 radical (unpaired) electrons. The summed E-state index contributed by atoms with van der Waals surface area (Å²) in [5.41, 5.74) is 8.64. The smallest absolute Gasteiger partial charge is 0.142 e. The Morgan fingerprint density at radius 3 is 2.43 bits per heavy atom. The summed E-state index contributed by atoms with van der Waals surface area (Å²) in [6.07, 6.45) is 1.67. The number of aromatic nitrogens is 1. The Morgan fingerprint density at radius 1 is 1.19 bits per heavy atom. The molecule has 3 N–H and O–H groups in total. The Morgan fingerprint density at radius 2 is 1.86 bits per heavy atom. The van der Waals surface area contributed by atoms with E-state index >= 15 is 0 Å². The fraction of sp³-hybridized carbons (Fsp3) is 0.294. The number of nitrogens with two attached hydrogens (primary N) is 1. The predicted molar refractivity (Wildman–Crippen MR) is 90.0 cm³/mol. The van der Waals surface area contributed by atoms with Gasteiger partial charge in [0.2, 0.25) is 0 Å². The number of rotatable bonds is 4. The summed E-state index contributed by atoms with van der Waals surface area (Å²) in [6, 6.07) is 12.5. The van der Waals surface area contributed by atoms with Crippen molar-refractivity contribution in [3.05, 3.63) is 59.4 Å². The molecule has 4 heteroatoms. The van der Waals surface area contributed by atoms with E-state index in [2.05, 4.69) is 50.0 Å². The van der Waals surface area contributed by atoms with Crippen molar-refractivity contribution >= 4 is 17.6 Å². The van der Waals surface area contributed by atoms with Gasteiger partial charge in [0.05, 0.1) is 0 Å². The lowest BCUT2D eigenvalue weighted by atomic mass is 9.87. The number of pyridine rings is 1. The molecular formula is C17H21N3S. The highest BCUT2D eigenvalue weighted by Crippen LogP contribution is 2.27. The van der Waals surface area contributed by atoms with Gasteiger partial charge in [0.25, 0.3) is 0 Å². The molecule has 2 aromatic rings. The second kappa shape index (κ2) is 6.31. The van der Waals surface area contributed by atoms with Gasteiger partial charge in [0.15, 0.2) is 0 Å². The Bertz CT molecular complexity index is 627. The van der Waals surface area contributed by atoms with Crippen LogP contribution >= 0.6 is 11.8 Å². The molecule has 0 aliphatic rings. The Kier molecular flexibility index (Phi) is 4.68. The van der Waals surface area contributed by atoms with Crippen molar-refractivity contribution in [2.45, 2.75) is 36.8 Å². The molecule has 21 heavy (non-hydrogen) atoms. The van der Waals surface area contributed by atoms with Gasteiger partial charge in [0, 0.05) is 16.8 Å². The van der Waals surface area contributed by atoms with Gasteiger partial charge in [-0.15, -0.1) is 11.8 Å². The SMILES string of the molecule is CC(C)(C)c1ccc(SCc2cccnc2C(=N)N)cc1. The van der Waals surface area contributed by atoms with Crippen LogP contribution in [-0.2, 0) is 11.2 Å². The largest absolute Gasteiger partial charge is 0.382 e. The molecule has 0 saturated heterocycles. The molecule has 110 valence electrons. The molecule has 0 saturated carbocycles. The average molecular weight is 299 g/mol. The number of hydrogen-bond donors (Lipinski definition) is 2. The zero-order valence-corrected chi connectivity index (χ0v) is 13.5. The van der Waals surface area contributed by atoms with Crippen molar-refractivity contribution < 1.29 is 0 Å². The van der Waals surface area contributed by atoms with Crippen molar-refractivity contribution in [2.24, 2.45) is 5.73 Å². The number of nitrogen functional groups attached to an aromatic ring is 1. The molecule has 0 spiro atoms. The summed E-state index contributed by atoms with van der Waals surface area (Å²) in [4.78, 5) is 5.38. The molecule has 3 nitrogen and oxygen atoms in total. The third-order valence-electron chi connectivity index (χ3n) is 3.26. The third-order valence-corrected chi connectivity index (χ3v) is 4.32. The first kappa shape index (κ1) is 15.6. The maximum Gasteiger partial charge on any atom is 0.142 e. The van der Waals surface area contributed by atoms with E-state index in [-0.39, 0.29) is 11.3 Å². The van der Waals surface area contributed by atoms with E-state index in [0.717, 1.165) is 11.3 Å². The minimum atomic E-state index is 0.0225. The number of amidine groups is 1. The summed E-state index contributed by atoms with van der Waals surface area (Å²) in [7, 11) is 0. The highest BCUT2D eigenvalue weighted by molar-refractivity contribution is 7.98. The number of hydrogen-bond acceptors (Lipinski definition) is 3. The van der Waals surface area contributed by atoms with Crippen molar-refractivity contribution in [2.75, 3.05) is 0 Å². The summed E-state index contributed by atoms with van der Waals surface area (Å²) in [5.74, 6) is 0.784. The molecule has 2 rings (SSSR count). The molecule has 0 unspecified atom stereocenters. The quantitative estimate of drug-likeness (QED) is 0.510. The second-order valence-electron chi connectivity index (χ2n) is 5.99. The first-order valence-electron chi connectivity index (χ1n) is 6.89. The standard InChI is InChI=1S/C17H21N3S/c1-17(2,3)13-6-8-14(9-7-13)21-11-12-5-4-10-20-15(12)16(18)19/h4-10H,11H2,1-3H3,(H3,18,19). The van der Waals surface area contributed by atoms with E-state index < -0.39 is 0 Å². The topological polar surface area (TPSA) is 62.8 Å². The highest BCUT2D eigenvalue weighted by atomic mass is 32.2. The summed E-state index contributed by atoms with van der Waals surface area (Å²) < 4.78 is 0. The molecule has 0 aliphatic heterocycles. The molecule has 1 aromatic carbocycles. The normalized spacial score (nSPS) is 11.4. The van der Waals surface area contributed by atoms with Crippen LogP contribution in [0, 0.1) is 5.41 Å². The number of nitrogens with zero attached hydrogens (tertiary/aromatic N) is 1. The highest BCUT2D eigenvalue weighted by Gasteiger charge is 2.13. The van der Waals surface area contributed by atoms with Gasteiger partial charge in [-0.05, 0) is 34.7 Å². The third kappa shape index (κ3) is 4.08. The minimum absolute atomic E-state index is 0.0225. The van der Waals surface area contributed by atoms with Gasteiger partial charge in [-0.25, -0.2) is 0 Å². The van der Waals surface area contributed by atoms with E-state index in [1.54, 1.807) is 18.0 Å². The molecular weight excluding hydrogens is 278 g/mol. The van der Waals surface area contributed by atoms with Crippen LogP contribution in [0.5, 0.6) is 0 Å². The van der Waals surface area contributed by atoms with E-state index in [1.165, 1.54) is 10.5 Å². The fourth-order valence-electron chi connectivity index (χ4n) is 2.01. The van der Waals surface area contributed by atoms with E-state index in [9.17, 15) is 0 Å². The molecule has 0 aliphatic carbocycles. The van der Waals surface area contributed by atoms with Crippen LogP contribution in [0.1, 0.15) is 37.6 Å². The first-order valence-corrected chi connectivity index (χ1v) is 7.88. The Balaban J connectivity index is 2.09. The van der Waals surface area contributed by atoms with Crippen LogP contribution in [0.2, 0.25) is 0 Å². The molecule has 0 amide bonds. The Labute approximate surface area is 130 Å². The van der Waals surface area contributed by atoms with Crippen molar-refractivity contribution in [1.29, 1.82) is 5.41 Å². The second-order valence-corrected chi connectivity index (χ2v) is 7.04. The zero-order valence-electron chi connectivity index (χ0n) is 12.7. The van der Waals surface area contributed by atoms with Crippen LogP contribution in [0.15, 0.2) is 47.5 Å². The van der Waals surface area contributed by atoms with Gasteiger partial charge in [-0.2, -0.15) is 0 Å². The van der Waals surface area contributed by atoms with Crippen molar-refractivity contribution in [3.63, 3.8) is 0 Å². The number of thioether (sulfide) groups is 1. The number of benzene rings is 1. The van der Waals surface area contributed by atoms with Gasteiger partial charge in [-0.3, -0.25) is 10.4 Å². The van der Waals surface area contributed by atoms with Gasteiger partial charge in [-0.1, -0.05) is 39.0 Å². The van der Waals surface area contributed by atoms with Crippen LogP contribution in [0.4, 0.5) is 0 Å². The summed E-state index contributed by atoms with van der Waals surface area (Å²) >= 11 is 1.73. The lowest BCUT2D eigenvalue weighted by Crippen LogP contribution is -2.15. The summed E-state index contributed by atoms with van der Waals surface area (Å²) in [5, 5.41) is 7.56. The molecule has 0 bridgehead atoms. The summed E-state index contributed by atoms with van der Waals surface area (Å²) in [6.45, 7) is 6.64. The van der Waals surface area contributed by atoms with Crippen molar-refractivity contribution in [3.8, 4) is 0 Å². The monoisotopic (exact) mass is 299 g/mol. The minimum Gasteiger partial charge on any atom is -0.382 e. The molecule has 1 aromatic heterocycles. The van der Waals surface area contributed by atoms with Crippen LogP contribution in [0.3, 0.4) is 0 Å². The number of nitrogens with one attached hydrogen (secondary N) is 1. The van der Waals surface area contributed by atoms with E-state index in [1.807, 2.05) is 12.1 Å². The van der Waals surface area contributed by atoms with Crippen LogP contribution < -0.4 is 5.73 Å². The van der Waals surface area contributed by atoms with Crippen LogP contribution in [0.25, 0.3) is 0 Å². The van der Waals surface area contributed by atoms with Gasteiger partial charge < -0.3 is 5.73 Å². The van der Waals surface area contributed by atoms with E-state index in [0.29, 0.717) is 5.69 Å². The fourth-order valence-corrected chi connectivity index (χ4v) is 2.89. The van der Waals surface area contributed by atoms with Gasteiger partial charge in [0.1, 0.15) is 11.5 Å². The lowest BCUT2D eigenvalue weighted by molar-refractivity contribution is 0.590. The maximum absolute atomic E-state index is 7.56. The first-order chi connectivity index (χ1) is 9.88. The van der Waals surface area contributed by atoms with Gasteiger partial charge >= 0.3 is 0 Å². The lowest BCUT2D eigenvalue weighted by Gasteiger charge is -2.19. The zero-order chi connectivity index (χ0) is 15.5. The average Bonchev–Trinajstić information content (AvgIpc) is 2.45. The molecule has 0 fully saturated rings. The Hall–Kier alpha value is -1.81. The molecule has 1 heterocycles. The van der Waals surface area contributed by atoms with E-state index in [4.69, 9.17) is 11.1 Å². The predicted octanol–water partition coefficient (Wildman–Crippen LogP) is 3.96. The van der Waals surface area contributed by atoms with Crippen LogP contribution in [-0.4, -0.2) is 10.8 Å². The molecule has 0 atom stereocenters. The van der Waals surface area contributed by atoms with Crippen molar-refractivity contribution in [1.82, 2.24) is 4.98 Å². The maximum atomic E-state index is 7.56.